The van der Waals surface area contributed by atoms with Crippen LogP contribution in [0, 0.1) is 5.92 Å². The molecule has 0 bridgehead atoms. The molecule has 2 atom stereocenters. The van der Waals surface area contributed by atoms with Crippen LogP contribution >= 0.6 is 0 Å². The molecular weight excluding hydrogens is 560 g/mol. The van der Waals surface area contributed by atoms with Gasteiger partial charge in [-0.15, -0.1) is 0 Å². The standard InChI is InChI=1S/C29H35F6N7/c1-19(2)40-15-17-42(18-16-40)26-37-24-11-14-41(25-23(29(33,34)35)5-4-12-36-25)13-10-22(24)27(3,39-26)38-21-8-6-20(7-9-21)28(30,31)32/h4-9,12,19,22,38H,10-11,13-18H2,1-3H3. The molecule has 2 unspecified atom stereocenters. The van der Waals surface area contributed by atoms with Gasteiger partial charge in [-0.1, -0.05) is 0 Å². The first kappa shape index (κ1) is 30.1. The lowest BCUT2D eigenvalue weighted by Crippen LogP contribution is -2.54. The van der Waals surface area contributed by atoms with Gasteiger partial charge in [0.1, 0.15) is 11.5 Å². The average molecular weight is 596 g/mol. The second-order valence-corrected chi connectivity index (χ2v) is 11.4. The SMILES string of the molecule is CC(C)N1CCN(C2=NC(C)(Nc3ccc(C(F)(F)F)cc3)C3CCN(c4ncccc4C(F)(F)F)CCC3=N2)CC1. The summed E-state index contributed by atoms with van der Waals surface area (Å²) in [5.41, 5.74) is -1.27. The first-order chi connectivity index (χ1) is 19.7. The Morgan fingerprint density at radius 2 is 1.57 bits per heavy atom. The molecule has 0 saturated carbocycles. The Labute approximate surface area is 241 Å². The predicted octanol–water partition coefficient (Wildman–Crippen LogP) is 6.00. The van der Waals surface area contributed by atoms with Crippen molar-refractivity contribution in [3.05, 3.63) is 53.7 Å². The zero-order valence-electron chi connectivity index (χ0n) is 23.8. The number of fused-ring (bicyclic) bond motifs is 1. The van der Waals surface area contributed by atoms with E-state index >= 15 is 0 Å². The lowest BCUT2D eigenvalue weighted by Gasteiger charge is -2.43. The van der Waals surface area contributed by atoms with Gasteiger partial charge in [0.05, 0.1) is 11.1 Å². The molecule has 228 valence electrons. The Morgan fingerprint density at radius 1 is 0.881 bits per heavy atom. The monoisotopic (exact) mass is 595 g/mol. The number of hydrogen-bond donors (Lipinski definition) is 1. The summed E-state index contributed by atoms with van der Waals surface area (Å²) in [6, 6.07) is 7.51. The number of guanidine groups is 1. The number of nitrogens with one attached hydrogen (secondary N) is 1. The number of hydrogen-bond acceptors (Lipinski definition) is 7. The van der Waals surface area contributed by atoms with E-state index in [0.29, 0.717) is 50.2 Å². The van der Waals surface area contributed by atoms with Crippen LogP contribution in [-0.2, 0) is 12.4 Å². The molecular formula is C29H35F6N7. The maximum Gasteiger partial charge on any atom is 0.419 e. The van der Waals surface area contributed by atoms with Crippen LogP contribution in [0.25, 0.3) is 0 Å². The molecule has 0 amide bonds. The molecule has 0 spiro atoms. The minimum atomic E-state index is -4.55. The third-order valence-corrected chi connectivity index (χ3v) is 8.31. The van der Waals surface area contributed by atoms with Crippen LogP contribution in [0.5, 0.6) is 0 Å². The summed E-state index contributed by atoms with van der Waals surface area (Å²) in [5.74, 6) is 0.116. The fourth-order valence-corrected chi connectivity index (χ4v) is 5.98. The smallest absolute Gasteiger partial charge is 0.361 e. The maximum atomic E-state index is 13.8. The number of alkyl halides is 6. The average Bonchev–Trinajstić information content (AvgIpc) is 3.16. The highest BCUT2D eigenvalue weighted by atomic mass is 19.4. The largest absolute Gasteiger partial charge is 0.419 e. The molecule has 13 heteroatoms. The first-order valence-electron chi connectivity index (χ1n) is 14.1. The Balaban J connectivity index is 1.46. The van der Waals surface area contributed by atoms with Crippen LogP contribution < -0.4 is 10.2 Å². The number of aliphatic imine (C=N–C) groups is 2. The van der Waals surface area contributed by atoms with Gasteiger partial charge in [-0.25, -0.2) is 15.0 Å². The van der Waals surface area contributed by atoms with Gasteiger partial charge in [0.2, 0.25) is 5.96 Å². The van der Waals surface area contributed by atoms with Gasteiger partial charge < -0.3 is 15.1 Å². The van der Waals surface area contributed by atoms with E-state index in [1.54, 1.807) is 4.90 Å². The number of aromatic nitrogens is 1. The molecule has 0 radical (unpaired) electrons. The lowest BCUT2D eigenvalue weighted by atomic mass is 9.84. The first-order valence-corrected chi connectivity index (χ1v) is 14.1. The number of anilines is 2. The van der Waals surface area contributed by atoms with Crippen molar-refractivity contribution in [3.63, 3.8) is 0 Å². The van der Waals surface area contributed by atoms with E-state index in [1.807, 2.05) is 6.92 Å². The summed E-state index contributed by atoms with van der Waals surface area (Å²) in [6.07, 6.45) is -6.83. The van der Waals surface area contributed by atoms with Crippen LogP contribution in [-0.4, -0.2) is 77.4 Å². The molecule has 1 N–H and O–H groups in total. The van der Waals surface area contributed by atoms with E-state index < -0.39 is 29.1 Å². The van der Waals surface area contributed by atoms with Gasteiger partial charge in [-0.05, 0) is 63.6 Å². The molecule has 7 nitrogen and oxygen atoms in total. The number of piperazine rings is 1. The summed E-state index contributed by atoms with van der Waals surface area (Å²) >= 11 is 0. The third-order valence-electron chi connectivity index (χ3n) is 8.31. The van der Waals surface area contributed by atoms with Crippen LogP contribution in [0.1, 0.15) is 44.7 Å². The number of rotatable bonds is 4. The number of halogens is 6. The van der Waals surface area contributed by atoms with Gasteiger partial charge in [0, 0.05) is 75.2 Å². The topological polar surface area (TPSA) is 59.4 Å². The molecule has 5 rings (SSSR count). The fraction of sp³-hybridized carbons (Fsp3) is 0.552. The molecule has 3 aliphatic rings. The van der Waals surface area contributed by atoms with Crippen molar-refractivity contribution in [2.24, 2.45) is 15.9 Å². The molecule has 2 aromatic rings. The number of nitrogens with zero attached hydrogens (tertiary/aromatic N) is 6. The van der Waals surface area contributed by atoms with Crippen molar-refractivity contribution in [1.82, 2.24) is 14.8 Å². The highest BCUT2D eigenvalue weighted by Crippen LogP contribution is 2.39. The third kappa shape index (κ3) is 6.35. The van der Waals surface area contributed by atoms with Gasteiger partial charge >= 0.3 is 12.4 Å². The van der Waals surface area contributed by atoms with E-state index in [9.17, 15) is 26.3 Å². The zero-order chi connectivity index (χ0) is 30.3. The summed E-state index contributed by atoms with van der Waals surface area (Å²) in [6.45, 7) is 9.84. The lowest BCUT2D eigenvalue weighted by molar-refractivity contribution is -0.138. The molecule has 3 aliphatic heterocycles. The van der Waals surface area contributed by atoms with E-state index in [1.165, 1.54) is 24.4 Å². The second-order valence-electron chi connectivity index (χ2n) is 11.4. The molecule has 2 saturated heterocycles. The Kier molecular flexibility index (Phi) is 8.16. The summed E-state index contributed by atoms with van der Waals surface area (Å²) in [4.78, 5) is 20.2. The Hall–Kier alpha value is -3.35. The Morgan fingerprint density at radius 3 is 2.19 bits per heavy atom. The zero-order valence-corrected chi connectivity index (χ0v) is 23.8. The minimum Gasteiger partial charge on any atom is -0.361 e. The van der Waals surface area contributed by atoms with Gasteiger partial charge in [0.15, 0.2) is 0 Å². The molecule has 0 aliphatic carbocycles. The summed E-state index contributed by atoms with van der Waals surface area (Å²) in [7, 11) is 0. The van der Waals surface area contributed by atoms with Crippen molar-refractivity contribution >= 4 is 23.2 Å². The summed E-state index contributed by atoms with van der Waals surface area (Å²) in [5, 5.41) is 3.36. The van der Waals surface area contributed by atoms with Crippen molar-refractivity contribution in [1.29, 1.82) is 0 Å². The van der Waals surface area contributed by atoms with Crippen molar-refractivity contribution in [2.75, 3.05) is 49.5 Å². The van der Waals surface area contributed by atoms with Crippen molar-refractivity contribution in [3.8, 4) is 0 Å². The number of benzene rings is 1. The van der Waals surface area contributed by atoms with E-state index in [0.717, 1.165) is 37.0 Å². The molecule has 2 fully saturated rings. The van der Waals surface area contributed by atoms with Crippen LogP contribution in [0.3, 0.4) is 0 Å². The van der Waals surface area contributed by atoms with Gasteiger partial charge in [-0.2, -0.15) is 26.3 Å². The van der Waals surface area contributed by atoms with Crippen molar-refractivity contribution in [2.45, 2.75) is 57.7 Å². The normalized spacial score (nSPS) is 24.2. The Bertz CT molecular complexity index is 1310. The summed E-state index contributed by atoms with van der Waals surface area (Å²) < 4.78 is 81.0. The van der Waals surface area contributed by atoms with Gasteiger partial charge in [0.25, 0.3) is 0 Å². The predicted molar refractivity (Wildman–Crippen MR) is 151 cm³/mol. The molecule has 1 aromatic heterocycles. The van der Waals surface area contributed by atoms with Crippen LogP contribution in [0.15, 0.2) is 52.6 Å². The van der Waals surface area contributed by atoms with Crippen LogP contribution in [0.4, 0.5) is 37.8 Å². The highest BCUT2D eigenvalue weighted by Gasteiger charge is 2.44. The molecule has 1 aromatic carbocycles. The van der Waals surface area contributed by atoms with Gasteiger partial charge in [-0.3, -0.25) is 4.90 Å². The second kappa shape index (κ2) is 11.4. The van der Waals surface area contributed by atoms with E-state index in [4.69, 9.17) is 9.98 Å². The van der Waals surface area contributed by atoms with E-state index in [2.05, 4.69) is 33.9 Å². The highest BCUT2D eigenvalue weighted by molar-refractivity contribution is 6.02. The number of pyridine rings is 1. The minimum absolute atomic E-state index is 0.118. The fourth-order valence-electron chi connectivity index (χ4n) is 5.98. The van der Waals surface area contributed by atoms with E-state index in [-0.39, 0.29) is 18.3 Å². The molecule has 4 heterocycles. The van der Waals surface area contributed by atoms with Crippen molar-refractivity contribution < 1.29 is 26.3 Å². The quantitative estimate of drug-likeness (QED) is 0.440. The maximum absolute atomic E-state index is 13.8. The van der Waals surface area contributed by atoms with Crippen LogP contribution in [0.2, 0.25) is 0 Å². The molecule has 42 heavy (non-hydrogen) atoms.